The van der Waals surface area contributed by atoms with Gasteiger partial charge in [-0.3, -0.25) is 0 Å². The van der Waals surface area contributed by atoms with Gasteiger partial charge in [-0.25, -0.2) is 0 Å². The van der Waals surface area contributed by atoms with Crippen LogP contribution >= 0.6 is 0 Å². The quantitative estimate of drug-likeness (QED) is 0.838. The first-order valence-corrected chi connectivity index (χ1v) is 8.14. The highest BCUT2D eigenvalue weighted by Crippen LogP contribution is 2.27. The summed E-state index contributed by atoms with van der Waals surface area (Å²) < 4.78 is 5.63. The number of aliphatic hydroxyl groups excluding tert-OH is 1. The second-order valence-electron chi connectivity index (χ2n) is 6.11. The van der Waals surface area contributed by atoms with Gasteiger partial charge in [-0.05, 0) is 55.8 Å². The van der Waals surface area contributed by atoms with Gasteiger partial charge in [0.05, 0.1) is 12.7 Å². The maximum atomic E-state index is 9.72. The lowest BCUT2D eigenvalue weighted by Gasteiger charge is -2.15. The van der Waals surface area contributed by atoms with Crippen molar-refractivity contribution in [1.29, 1.82) is 0 Å². The van der Waals surface area contributed by atoms with Crippen LogP contribution in [0.2, 0.25) is 0 Å². The van der Waals surface area contributed by atoms with E-state index in [1.807, 2.05) is 21.0 Å². The van der Waals surface area contributed by atoms with Gasteiger partial charge in [0.15, 0.2) is 0 Å². The first-order chi connectivity index (χ1) is 11.0. The topological polar surface area (TPSA) is 32.7 Å². The van der Waals surface area contributed by atoms with E-state index in [9.17, 15) is 5.11 Å². The van der Waals surface area contributed by atoms with Crippen molar-refractivity contribution in [2.75, 3.05) is 20.7 Å². The lowest BCUT2D eigenvalue weighted by atomic mass is 9.96. The predicted molar refractivity (Wildman–Crippen MR) is 95.2 cm³/mol. The first-order valence-electron chi connectivity index (χ1n) is 8.14. The normalized spacial score (nSPS) is 12.6. The van der Waals surface area contributed by atoms with E-state index in [1.54, 1.807) is 0 Å². The van der Waals surface area contributed by atoms with Crippen molar-refractivity contribution in [1.82, 2.24) is 4.90 Å². The summed E-state index contributed by atoms with van der Waals surface area (Å²) in [6, 6.07) is 14.7. The van der Waals surface area contributed by atoms with Gasteiger partial charge in [-0.1, -0.05) is 42.5 Å². The van der Waals surface area contributed by atoms with Crippen LogP contribution in [0.25, 0.3) is 11.1 Å². The van der Waals surface area contributed by atoms with Crippen molar-refractivity contribution < 1.29 is 9.84 Å². The van der Waals surface area contributed by atoms with Gasteiger partial charge >= 0.3 is 0 Å². The molecule has 2 rings (SSSR count). The minimum absolute atomic E-state index is 0.0493. The van der Waals surface area contributed by atoms with E-state index in [1.165, 1.54) is 11.1 Å². The summed E-state index contributed by atoms with van der Waals surface area (Å²) in [5.74, 6) is 0. The average molecular weight is 313 g/mol. The van der Waals surface area contributed by atoms with E-state index in [0.717, 1.165) is 23.2 Å². The van der Waals surface area contributed by atoms with Crippen LogP contribution in [0.15, 0.2) is 42.5 Å². The molecule has 0 aliphatic rings. The highest BCUT2D eigenvalue weighted by atomic mass is 16.5. The molecule has 2 aromatic rings. The predicted octanol–water partition coefficient (Wildman–Crippen LogP) is 4.01. The average Bonchev–Trinajstić information content (AvgIpc) is 2.54. The monoisotopic (exact) mass is 313 g/mol. The molecule has 1 unspecified atom stereocenters. The third-order valence-corrected chi connectivity index (χ3v) is 3.95. The third kappa shape index (κ3) is 4.64. The maximum absolute atomic E-state index is 9.72. The molecule has 0 spiro atoms. The summed E-state index contributed by atoms with van der Waals surface area (Å²) in [5, 5.41) is 9.72. The Kier molecular flexibility index (Phi) is 6.34. The molecule has 0 amide bonds. The number of ether oxygens (including phenoxy) is 1. The molecule has 0 saturated heterocycles. The number of hydrogen-bond acceptors (Lipinski definition) is 3. The van der Waals surface area contributed by atoms with Crippen LogP contribution in [0.1, 0.15) is 36.6 Å². The molecular weight excluding hydrogens is 286 g/mol. The summed E-state index contributed by atoms with van der Waals surface area (Å²) in [6.45, 7) is 5.71. The zero-order valence-corrected chi connectivity index (χ0v) is 14.5. The Labute approximate surface area is 139 Å². The molecule has 0 saturated carbocycles. The van der Waals surface area contributed by atoms with Crippen LogP contribution in [0.4, 0.5) is 0 Å². The fourth-order valence-corrected chi connectivity index (χ4v) is 2.80. The van der Waals surface area contributed by atoms with Crippen molar-refractivity contribution in [2.24, 2.45) is 0 Å². The molecule has 23 heavy (non-hydrogen) atoms. The standard InChI is InChI=1S/C20H27NO2/c1-5-23-15(2)17-7-9-18(10-8-17)20-11-6-16(13-21(3)4)12-19(20)14-22/h6-12,15,22H,5,13-14H2,1-4H3. The molecule has 0 fully saturated rings. The van der Waals surface area contributed by atoms with Crippen LogP contribution in [-0.4, -0.2) is 30.7 Å². The van der Waals surface area contributed by atoms with Gasteiger partial charge in [0, 0.05) is 13.2 Å². The summed E-state index contributed by atoms with van der Waals surface area (Å²) in [6.07, 6.45) is 0.105. The van der Waals surface area contributed by atoms with E-state index in [4.69, 9.17) is 4.74 Å². The molecule has 0 aromatic heterocycles. The van der Waals surface area contributed by atoms with Crippen molar-refractivity contribution in [3.8, 4) is 11.1 Å². The highest BCUT2D eigenvalue weighted by Gasteiger charge is 2.09. The third-order valence-electron chi connectivity index (χ3n) is 3.95. The molecule has 0 aliphatic carbocycles. The molecule has 1 atom stereocenters. The number of nitrogens with zero attached hydrogens (tertiary/aromatic N) is 1. The van der Waals surface area contributed by atoms with E-state index >= 15 is 0 Å². The molecule has 0 heterocycles. The second-order valence-corrected chi connectivity index (χ2v) is 6.11. The minimum atomic E-state index is 0.0493. The SMILES string of the molecule is CCOC(C)c1ccc(-c2ccc(CN(C)C)cc2CO)cc1. The van der Waals surface area contributed by atoms with E-state index in [2.05, 4.69) is 54.3 Å². The van der Waals surface area contributed by atoms with Gasteiger partial charge in [-0.15, -0.1) is 0 Å². The number of benzene rings is 2. The Balaban J connectivity index is 2.27. The lowest BCUT2D eigenvalue weighted by molar-refractivity contribution is 0.0764. The Morgan fingerprint density at radius 1 is 1.09 bits per heavy atom. The number of aliphatic hydroxyl groups is 1. The summed E-state index contributed by atoms with van der Waals surface area (Å²) in [7, 11) is 4.09. The van der Waals surface area contributed by atoms with E-state index in [0.29, 0.717) is 6.61 Å². The van der Waals surface area contributed by atoms with E-state index in [-0.39, 0.29) is 12.7 Å². The molecule has 3 nitrogen and oxygen atoms in total. The molecule has 0 bridgehead atoms. The van der Waals surface area contributed by atoms with Crippen molar-refractivity contribution >= 4 is 0 Å². The number of hydrogen-bond donors (Lipinski definition) is 1. The molecule has 0 radical (unpaired) electrons. The second kappa shape index (κ2) is 8.25. The van der Waals surface area contributed by atoms with Crippen molar-refractivity contribution in [3.05, 3.63) is 59.2 Å². The first kappa shape index (κ1) is 17.7. The fraction of sp³-hybridized carbons (Fsp3) is 0.400. The molecule has 3 heteroatoms. The van der Waals surface area contributed by atoms with Gasteiger partial charge in [-0.2, -0.15) is 0 Å². The van der Waals surface area contributed by atoms with Crippen molar-refractivity contribution in [2.45, 2.75) is 33.1 Å². The van der Waals surface area contributed by atoms with Crippen LogP contribution in [0.3, 0.4) is 0 Å². The zero-order valence-electron chi connectivity index (χ0n) is 14.5. The summed E-state index contributed by atoms with van der Waals surface area (Å²) in [4.78, 5) is 2.13. The van der Waals surface area contributed by atoms with Crippen LogP contribution in [-0.2, 0) is 17.9 Å². The van der Waals surface area contributed by atoms with Crippen molar-refractivity contribution in [3.63, 3.8) is 0 Å². The smallest absolute Gasteiger partial charge is 0.0796 e. The zero-order chi connectivity index (χ0) is 16.8. The van der Waals surface area contributed by atoms with Crippen LogP contribution in [0, 0.1) is 0 Å². The lowest BCUT2D eigenvalue weighted by Crippen LogP contribution is -2.11. The van der Waals surface area contributed by atoms with Gasteiger partial charge in [0.25, 0.3) is 0 Å². The Hall–Kier alpha value is -1.68. The fourth-order valence-electron chi connectivity index (χ4n) is 2.80. The number of rotatable bonds is 7. The molecule has 0 aliphatic heterocycles. The summed E-state index contributed by atoms with van der Waals surface area (Å²) >= 11 is 0. The summed E-state index contributed by atoms with van der Waals surface area (Å²) in [5.41, 5.74) is 5.56. The molecule has 1 N–H and O–H groups in total. The van der Waals surface area contributed by atoms with Gasteiger partial charge < -0.3 is 14.7 Å². The van der Waals surface area contributed by atoms with Crippen LogP contribution < -0.4 is 0 Å². The Bertz CT molecular complexity index is 620. The van der Waals surface area contributed by atoms with Crippen LogP contribution in [0.5, 0.6) is 0 Å². The molecular formula is C20H27NO2. The molecule has 124 valence electrons. The minimum Gasteiger partial charge on any atom is -0.392 e. The molecule has 2 aromatic carbocycles. The largest absolute Gasteiger partial charge is 0.392 e. The maximum Gasteiger partial charge on any atom is 0.0796 e. The highest BCUT2D eigenvalue weighted by molar-refractivity contribution is 5.68. The Morgan fingerprint density at radius 2 is 1.78 bits per heavy atom. The van der Waals surface area contributed by atoms with Gasteiger partial charge in [0.1, 0.15) is 0 Å². The van der Waals surface area contributed by atoms with E-state index < -0.39 is 0 Å². The Morgan fingerprint density at radius 3 is 2.35 bits per heavy atom. The van der Waals surface area contributed by atoms with Gasteiger partial charge in [0.2, 0.25) is 0 Å².